The number of nitrogens with two attached hydrogens (primary N) is 2. The maximum atomic E-state index is 11.9. The van der Waals surface area contributed by atoms with E-state index in [-0.39, 0.29) is 0 Å². The summed E-state index contributed by atoms with van der Waals surface area (Å²) in [5.74, 6) is -4.44. The van der Waals surface area contributed by atoms with E-state index in [1.807, 2.05) is 0 Å². The fourth-order valence-corrected chi connectivity index (χ4v) is 0.329. The largest absolute Gasteiger partial charge is 0.352 e. The van der Waals surface area contributed by atoms with Gasteiger partial charge in [-0.3, -0.25) is 0 Å². The summed E-state index contributed by atoms with van der Waals surface area (Å²) in [6.45, 7) is 0. The maximum Gasteiger partial charge on any atom is 0.309 e. The molecule has 0 aromatic carbocycles. The van der Waals surface area contributed by atoms with E-state index >= 15 is 0 Å². The zero-order valence-corrected chi connectivity index (χ0v) is 6.17. The Morgan fingerprint density at radius 3 is 2.08 bits per heavy atom. The topological polar surface area (TPSA) is 94.9 Å². The molecule has 1 aromatic rings. The van der Waals surface area contributed by atoms with E-state index < -0.39 is 23.6 Å². The Labute approximate surface area is 70.5 Å². The number of nitrogens with zero attached hydrogens (tertiary/aromatic N) is 2. The zero-order chi connectivity index (χ0) is 10.4. The molecule has 1 heterocycles. The summed E-state index contributed by atoms with van der Waals surface area (Å²) in [6, 6.07) is -0.833. The highest BCUT2D eigenvalue weighted by atomic mass is 19.2. The van der Waals surface area contributed by atoms with Crippen molar-refractivity contribution in [1.29, 1.82) is 0 Å². The molecule has 1 aromatic heterocycles. The van der Waals surface area contributed by atoms with Crippen molar-refractivity contribution >= 4 is 6.03 Å². The van der Waals surface area contributed by atoms with Gasteiger partial charge < -0.3 is 11.5 Å². The predicted octanol–water partition coefficient (Wildman–Crippen LogP) is -0.0823. The van der Waals surface area contributed by atoms with Crippen molar-refractivity contribution in [3.63, 3.8) is 0 Å². The average Bonchev–Trinajstić information content (AvgIpc) is 1.99. The van der Waals surface area contributed by atoms with Crippen LogP contribution in [0.15, 0.2) is 6.20 Å². The van der Waals surface area contributed by atoms with Crippen LogP contribution in [0.4, 0.5) is 18.0 Å². The number of halogens is 3. The predicted molar refractivity (Wildman–Crippen MR) is 35.7 cm³/mol. The smallest absolute Gasteiger partial charge is 0.309 e. The van der Waals surface area contributed by atoms with E-state index in [1.54, 1.807) is 0 Å². The van der Waals surface area contributed by atoms with Gasteiger partial charge >= 0.3 is 6.03 Å². The van der Waals surface area contributed by atoms with E-state index in [1.165, 1.54) is 0 Å². The number of aromatic nitrogens is 2. The van der Waals surface area contributed by atoms with E-state index in [4.69, 9.17) is 4.79 Å². The lowest BCUT2D eigenvalue weighted by Crippen LogP contribution is -2.18. The van der Waals surface area contributed by atoms with Crippen LogP contribution in [0.5, 0.6) is 0 Å². The van der Waals surface area contributed by atoms with Crippen molar-refractivity contribution in [3.8, 4) is 0 Å². The molecule has 0 atom stereocenters. The average molecular weight is 194 g/mol. The minimum atomic E-state index is -1.59. The number of carbonyl (C=O) groups excluding carboxylic acids is 1. The van der Waals surface area contributed by atoms with Crippen molar-refractivity contribution in [1.82, 2.24) is 10.2 Å². The van der Waals surface area contributed by atoms with Gasteiger partial charge in [-0.15, -0.1) is 5.10 Å². The lowest BCUT2D eigenvalue weighted by atomic mass is 10.5. The first-order valence-electron chi connectivity index (χ1n) is 2.82. The van der Waals surface area contributed by atoms with Crippen LogP contribution in [0, 0.1) is 17.6 Å². The molecule has 1 rings (SSSR count). The Hall–Kier alpha value is -1.86. The van der Waals surface area contributed by atoms with Crippen molar-refractivity contribution < 1.29 is 18.0 Å². The Morgan fingerprint density at radius 1 is 1.31 bits per heavy atom. The second kappa shape index (κ2) is 4.91. The first-order chi connectivity index (χ1) is 5.95. The Bertz CT molecular complexity index is 282. The van der Waals surface area contributed by atoms with Gasteiger partial charge in [-0.25, -0.2) is 9.18 Å². The normalized spacial score (nSPS) is 8.54. The number of hydrogen-bond donors (Lipinski definition) is 2. The number of urea groups is 1. The summed E-state index contributed by atoms with van der Waals surface area (Å²) in [4.78, 5) is 9.00. The number of hydrogen-bond acceptors (Lipinski definition) is 3. The van der Waals surface area contributed by atoms with Crippen molar-refractivity contribution in [3.05, 3.63) is 23.8 Å². The summed E-state index contributed by atoms with van der Waals surface area (Å²) in [7, 11) is 0. The van der Waals surface area contributed by atoms with Crippen LogP contribution in [-0.4, -0.2) is 16.2 Å². The van der Waals surface area contributed by atoms with Crippen molar-refractivity contribution in [2.45, 2.75) is 0 Å². The van der Waals surface area contributed by atoms with E-state index in [0.717, 1.165) is 0 Å². The Kier molecular flexibility index (Phi) is 4.20. The van der Waals surface area contributed by atoms with Crippen molar-refractivity contribution in [2.24, 2.45) is 11.5 Å². The number of carbonyl (C=O) groups is 1. The highest BCUT2D eigenvalue weighted by Crippen LogP contribution is 2.03. The summed E-state index contributed by atoms with van der Waals surface area (Å²) in [6.07, 6.45) is 0.498. The minimum absolute atomic E-state index is 0.498. The van der Waals surface area contributed by atoms with Gasteiger partial charge in [0.15, 0.2) is 5.82 Å². The third-order valence-electron chi connectivity index (χ3n) is 0.707. The van der Waals surface area contributed by atoms with Gasteiger partial charge in [0.05, 0.1) is 6.20 Å². The molecule has 0 spiro atoms. The van der Waals surface area contributed by atoms with Crippen LogP contribution in [0.2, 0.25) is 0 Å². The number of rotatable bonds is 0. The standard InChI is InChI=1S/C4HF3N2.CH4N2O/c5-2-1-8-9-4(7)3(2)6;2-1(3)4/h1H;(H4,2,3,4). The van der Waals surface area contributed by atoms with Crippen LogP contribution in [0.3, 0.4) is 0 Å². The number of primary amides is 2. The molecule has 2 amide bonds. The molecule has 0 unspecified atom stereocenters. The van der Waals surface area contributed by atoms with Crippen LogP contribution < -0.4 is 11.5 Å². The Balaban J connectivity index is 0.000000310. The summed E-state index contributed by atoms with van der Waals surface area (Å²) in [5, 5.41) is 5.41. The summed E-state index contributed by atoms with van der Waals surface area (Å²) in [5.41, 5.74) is 8.50. The van der Waals surface area contributed by atoms with Gasteiger partial charge in [0.1, 0.15) is 0 Å². The lowest BCUT2D eigenvalue weighted by molar-refractivity contribution is 0.256. The van der Waals surface area contributed by atoms with Gasteiger partial charge in [-0.1, -0.05) is 0 Å². The van der Waals surface area contributed by atoms with Gasteiger partial charge in [-0.05, 0) is 0 Å². The molecule has 72 valence electrons. The van der Waals surface area contributed by atoms with Crippen LogP contribution in [0.25, 0.3) is 0 Å². The van der Waals surface area contributed by atoms with E-state index in [0.29, 0.717) is 6.20 Å². The molecule has 0 saturated carbocycles. The molecule has 4 N–H and O–H groups in total. The number of amides is 2. The fraction of sp³-hybridized carbons (Fsp3) is 0. The van der Waals surface area contributed by atoms with Crippen LogP contribution in [0.1, 0.15) is 0 Å². The molecule has 0 aliphatic rings. The van der Waals surface area contributed by atoms with Gasteiger partial charge in [0.25, 0.3) is 5.95 Å². The van der Waals surface area contributed by atoms with Crippen molar-refractivity contribution in [2.75, 3.05) is 0 Å². The molecule has 5 nitrogen and oxygen atoms in total. The third-order valence-corrected chi connectivity index (χ3v) is 0.707. The van der Waals surface area contributed by atoms with Gasteiger partial charge in [0, 0.05) is 0 Å². The second-order valence-corrected chi connectivity index (χ2v) is 1.70. The zero-order valence-electron chi connectivity index (χ0n) is 6.17. The molecule has 13 heavy (non-hydrogen) atoms. The Morgan fingerprint density at radius 2 is 1.77 bits per heavy atom. The van der Waals surface area contributed by atoms with Crippen LogP contribution in [-0.2, 0) is 0 Å². The summed E-state index contributed by atoms with van der Waals surface area (Å²) < 4.78 is 35.5. The molecule has 0 saturated heterocycles. The minimum Gasteiger partial charge on any atom is -0.352 e. The highest BCUT2D eigenvalue weighted by Gasteiger charge is 2.07. The molecule has 0 radical (unpaired) electrons. The van der Waals surface area contributed by atoms with E-state index in [9.17, 15) is 13.2 Å². The fourth-order valence-electron chi connectivity index (χ4n) is 0.329. The molecular weight excluding hydrogens is 189 g/mol. The maximum absolute atomic E-state index is 11.9. The SMILES string of the molecule is Fc1cnnc(F)c1F.NC(N)=O. The quantitative estimate of drug-likeness (QED) is 0.604. The first-order valence-corrected chi connectivity index (χ1v) is 2.82. The lowest BCUT2D eigenvalue weighted by Gasteiger charge is -1.87. The molecule has 0 fully saturated rings. The van der Waals surface area contributed by atoms with Crippen LogP contribution >= 0.6 is 0 Å². The van der Waals surface area contributed by atoms with E-state index in [2.05, 4.69) is 21.7 Å². The summed E-state index contributed by atoms with van der Waals surface area (Å²) >= 11 is 0. The molecule has 0 aliphatic heterocycles. The van der Waals surface area contributed by atoms with Gasteiger partial charge in [0.2, 0.25) is 5.82 Å². The first kappa shape index (κ1) is 11.1. The molecule has 8 heteroatoms. The second-order valence-electron chi connectivity index (χ2n) is 1.70. The molecular formula is C5H5F3N4O. The molecule has 0 bridgehead atoms. The molecule has 0 aliphatic carbocycles. The monoisotopic (exact) mass is 194 g/mol. The third kappa shape index (κ3) is 4.56. The highest BCUT2D eigenvalue weighted by molar-refractivity contribution is 5.69. The van der Waals surface area contributed by atoms with Gasteiger partial charge in [-0.2, -0.15) is 13.9 Å².